The van der Waals surface area contributed by atoms with Crippen LogP contribution in [0.5, 0.6) is 5.75 Å². The monoisotopic (exact) mass is 442 g/mol. The molecule has 5 heteroatoms. The summed E-state index contributed by atoms with van der Waals surface area (Å²) in [6.45, 7) is 15.3. The average Bonchev–Trinajstić information content (AvgIpc) is 3.32. The standard InChI is InChI=1S/C26H38N2O2S/c1-18(2)13-28(26(29)19(3)4)15-22-14-27(17-25-20(5)10-11-31-25)16-24(22)21-8-7-9-23(12-21)30-6/h7-12,18-19,22,24H,13-17H2,1-6H3/t22-,24-/m0/s1. The van der Waals surface area contributed by atoms with E-state index in [9.17, 15) is 4.79 Å². The lowest BCUT2D eigenvalue weighted by molar-refractivity contribution is -0.135. The number of benzene rings is 1. The Morgan fingerprint density at radius 2 is 2.00 bits per heavy atom. The lowest BCUT2D eigenvalue weighted by atomic mass is 9.88. The molecule has 0 saturated carbocycles. The van der Waals surface area contributed by atoms with Crippen molar-refractivity contribution in [2.75, 3.05) is 33.3 Å². The normalized spacial score (nSPS) is 19.4. The fourth-order valence-corrected chi connectivity index (χ4v) is 5.58. The lowest BCUT2D eigenvalue weighted by Gasteiger charge is -2.31. The van der Waals surface area contributed by atoms with E-state index < -0.39 is 0 Å². The van der Waals surface area contributed by atoms with Crippen molar-refractivity contribution in [1.82, 2.24) is 9.80 Å². The first-order valence-electron chi connectivity index (χ1n) is 11.5. The molecule has 0 N–H and O–H groups in total. The molecule has 2 aromatic rings. The van der Waals surface area contributed by atoms with Gasteiger partial charge < -0.3 is 9.64 Å². The number of nitrogens with zero attached hydrogens (tertiary/aromatic N) is 2. The Balaban J connectivity index is 1.85. The lowest BCUT2D eigenvalue weighted by Crippen LogP contribution is -2.41. The van der Waals surface area contributed by atoms with Crippen molar-refractivity contribution >= 4 is 17.2 Å². The third-order valence-corrected chi connectivity index (χ3v) is 7.23. The summed E-state index contributed by atoms with van der Waals surface area (Å²) in [7, 11) is 1.72. The van der Waals surface area contributed by atoms with Gasteiger partial charge in [0.2, 0.25) is 5.91 Å². The van der Waals surface area contributed by atoms with Gasteiger partial charge in [-0.15, -0.1) is 11.3 Å². The van der Waals surface area contributed by atoms with Crippen molar-refractivity contribution in [3.63, 3.8) is 0 Å². The highest BCUT2D eigenvalue weighted by Gasteiger charge is 2.36. The Bertz CT molecular complexity index is 861. The molecule has 170 valence electrons. The number of hydrogen-bond acceptors (Lipinski definition) is 4. The zero-order valence-electron chi connectivity index (χ0n) is 19.9. The number of ether oxygens (including phenoxy) is 1. The van der Waals surface area contributed by atoms with Crippen LogP contribution in [0, 0.1) is 24.7 Å². The van der Waals surface area contributed by atoms with Crippen LogP contribution in [0.1, 0.15) is 49.6 Å². The molecule has 3 rings (SSSR count). The maximum absolute atomic E-state index is 13.0. The van der Waals surface area contributed by atoms with Gasteiger partial charge in [0.1, 0.15) is 5.75 Å². The summed E-state index contributed by atoms with van der Waals surface area (Å²) in [5.74, 6) is 2.47. The molecule has 2 heterocycles. The van der Waals surface area contributed by atoms with Gasteiger partial charge in [-0.25, -0.2) is 0 Å². The largest absolute Gasteiger partial charge is 0.497 e. The molecule has 4 nitrogen and oxygen atoms in total. The van der Waals surface area contributed by atoms with Crippen LogP contribution < -0.4 is 4.74 Å². The number of carbonyl (C=O) groups is 1. The Morgan fingerprint density at radius 1 is 1.23 bits per heavy atom. The van der Waals surface area contributed by atoms with E-state index in [0.717, 1.165) is 38.5 Å². The molecule has 1 aliphatic rings. The summed E-state index contributed by atoms with van der Waals surface area (Å²) in [6, 6.07) is 10.7. The number of rotatable bonds is 9. The van der Waals surface area contributed by atoms with Gasteiger partial charge in [-0.1, -0.05) is 39.8 Å². The summed E-state index contributed by atoms with van der Waals surface area (Å²) in [6.07, 6.45) is 0. The zero-order chi connectivity index (χ0) is 22.5. The molecule has 31 heavy (non-hydrogen) atoms. The van der Waals surface area contributed by atoms with Gasteiger partial charge in [0, 0.05) is 49.4 Å². The van der Waals surface area contributed by atoms with Crippen LogP contribution in [0.4, 0.5) is 0 Å². The highest BCUT2D eigenvalue weighted by atomic mass is 32.1. The fraction of sp³-hybridized carbons (Fsp3) is 0.577. The maximum Gasteiger partial charge on any atom is 0.225 e. The van der Waals surface area contributed by atoms with Gasteiger partial charge in [0.15, 0.2) is 0 Å². The van der Waals surface area contributed by atoms with Gasteiger partial charge in [-0.3, -0.25) is 9.69 Å². The molecule has 0 unspecified atom stereocenters. The van der Waals surface area contributed by atoms with Crippen molar-refractivity contribution in [3.8, 4) is 5.75 Å². The van der Waals surface area contributed by atoms with Crippen LogP contribution in [0.2, 0.25) is 0 Å². The second-order valence-electron chi connectivity index (χ2n) is 9.66. The van der Waals surface area contributed by atoms with Gasteiger partial charge in [-0.2, -0.15) is 0 Å². The Kier molecular flexibility index (Phi) is 8.17. The molecule has 2 atom stereocenters. The first kappa shape index (κ1) is 23.8. The number of hydrogen-bond donors (Lipinski definition) is 0. The number of likely N-dealkylation sites (tertiary alicyclic amines) is 1. The average molecular weight is 443 g/mol. The van der Waals surface area contributed by atoms with E-state index >= 15 is 0 Å². The van der Waals surface area contributed by atoms with Gasteiger partial charge in [-0.05, 0) is 53.5 Å². The predicted octanol–water partition coefficient (Wildman–Crippen LogP) is 5.42. The van der Waals surface area contributed by atoms with Crippen molar-refractivity contribution in [3.05, 3.63) is 51.7 Å². The second-order valence-corrected chi connectivity index (χ2v) is 10.7. The van der Waals surface area contributed by atoms with E-state index in [4.69, 9.17) is 4.74 Å². The highest BCUT2D eigenvalue weighted by Crippen LogP contribution is 2.36. The fourth-order valence-electron chi connectivity index (χ4n) is 4.64. The summed E-state index contributed by atoms with van der Waals surface area (Å²) in [4.78, 5) is 19.1. The number of amides is 1. The van der Waals surface area contributed by atoms with Crippen LogP contribution in [0.25, 0.3) is 0 Å². The van der Waals surface area contributed by atoms with E-state index in [2.05, 4.69) is 60.2 Å². The zero-order valence-corrected chi connectivity index (χ0v) is 20.7. The maximum atomic E-state index is 13.0. The van der Waals surface area contributed by atoms with Crippen LogP contribution in [-0.4, -0.2) is 49.0 Å². The van der Waals surface area contributed by atoms with E-state index in [1.54, 1.807) is 7.11 Å². The first-order chi connectivity index (χ1) is 14.8. The SMILES string of the molecule is COc1cccc([C@@H]2CN(Cc3sccc3C)C[C@H]2CN(CC(C)C)C(=O)C(C)C)c1. The van der Waals surface area contributed by atoms with Gasteiger partial charge in [0.25, 0.3) is 0 Å². The molecule has 1 fully saturated rings. The van der Waals surface area contributed by atoms with Gasteiger partial charge >= 0.3 is 0 Å². The predicted molar refractivity (Wildman–Crippen MR) is 130 cm³/mol. The Labute approximate surface area is 192 Å². The van der Waals surface area contributed by atoms with Crippen molar-refractivity contribution < 1.29 is 9.53 Å². The van der Waals surface area contributed by atoms with E-state index in [1.165, 1.54) is 16.0 Å². The Morgan fingerprint density at radius 3 is 2.61 bits per heavy atom. The molecule has 0 spiro atoms. The summed E-state index contributed by atoms with van der Waals surface area (Å²) >= 11 is 1.85. The molecular formula is C26H38N2O2S. The number of carbonyl (C=O) groups excluding carboxylic acids is 1. The summed E-state index contributed by atoms with van der Waals surface area (Å²) in [5.41, 5.74) is 2.69. The quantitative estimate of drug-likeness (QED) is 0.520. The minimum absolute atomic E-state index is 0.0280. The molecule has 0 bridgehead atoms. The van der Waals surface area contributed by atoms with E-state index in [-0.39, 0.29) is 11.8 Å². The molecule has 0 radical (unpaired) electrons. The summed E-state index contributed by atoms with van der Waals surface area (Å²) < 4.78 is 5.50. The highest BCUT2D eigenvalue weighted by molar-refractivity contribution is 7.10. The third kappa shape index (κ3) is 6.11. The number of aryl methyl sites for hydroxylation is 1. The van der Waals surface area contributed by atoms with E-state index in [0.29, 0.717) is 17.8 Å². The van der Waals surface area contributed by atoms with Crippen LogP contribution in [0.15, 0.2) is 35.7 Å². The molecule has 1 aliphatic heterocycles. The van der Waals surface area contributed by atoms with Gasteiger partial charge in [0.05, 0.1) is 7.11 Å². The molecule has 1 aromatic heterocycles. The summed E-state index contributed by atoms with van der Waals surface area (Å²) in [5, 5.41) is 2.18. The Hall–Kier alpha value is -1.85. The first-order valence-corrected chi connectivity index (χ1v) is 12.3. The minimum atomic E-state index is 0.0280. The smallest absolute Gasteiger partial charge is 0.225 e. The second kappa shape index (κ2) is 10.6. The molecular weight excluding hydrogens is 404 g/mol. The molecule has 1 saturated heterocycles. The van der Waals surface area contributed by atoms with Crippen LogP contribution in [-0.2, 0) is 11.3 Å². The topological polar surface area (TPSA) is 32.8 Å². The number of methoxy groups -OCH3 is 1. The van der Waals surface area contributed by atoms with Crippen LogP contribution in [0.3, 0.4) is 0 Å². The van der Waals surface area contributed by atoms with Crippen LogP contribution >= 0.6 is 11.3 Å². The van der Waals surface area contributed by atoms with Crippen molar-refractivity contribution in [2.24, 2.45) is 17.8 Å². The van der Waals surface area contributed by atoms with Crippen molar-refractivity contribution in [1.29, 1.82) is 0 Å². The van der Waals surface area contributed by atoms with Crippen molar-refractivity contribution in [2.45, 2.75) is 47.1 Å². The molecule has 1 amide bonds. The minimum Gasteiger partial charge on any atom is -0.497 e. The molecule has 0 aliphatic carbocycles. The van der Waals surface area contributed by atoms with E-state index in [1.807, 2.05) is 31.3 Å². The number of thiophene rings is 1. The molecule has 1 aromatic carbocycles. The third-order valence-electron chi connectivity index (χ3n) is 6.22.